The molecular formula is C24H27NO4. The zero-order valence-corrected chi connectivity index (χ0v) is 17.0. The second-order valence-electron chi connectivity index (χ2n) is 8.09. The number of nitrogens with zero attached hydrogens (tertiary/aromatic N) is 1. The van der Waals surface area contributed by atoms with Crippen molar-refractivity contribution in [2.75, 3.05) is 13.2 Å². The van der Waals surface area contributed by atoms with E-state index in [1.807, 2.05) is 62.4 Å². The highest BCUT2D eigenvalue weighted by molar-refractivity contribution is 6.00. The van der Waals surface area contributed by atoms with E-state index in [4.69, 9.17) is 9.47 Å². The molecule has 2 heterocycles. The lowest BCUT2D eigenvalue weighted by atomic mass is 9.79. The largest absolute Gasteiger partial charge is 0.445 e. The van der Waals surface area contributed by atoms with Crippen LogP contribution in [0.1, 0.15) is 39.9 Å². The molecule has 0 radical (unpaired) electrons. The van der Waals surface area contributed by atoms with E-state index in [9.17, 15) is 9.59 Å². The zero-order valence-electron chi connectivity index (χ0n) is 17.0. The molecule has 2 aromatic carbocycles. The summed E-state index contributed by atoms with van der Waals surface area (Å²) in [6.45, 7) is 5.13. The molecule has 2 bridgehead atoms. The third-order valence-corrected chi connectivity index (χ3v) is 6.03. The van der Waals surface area contributed by atoms with Crippen molar-refractivity contribution in [2.24, 2.45) is 5.92 Å². The van der Waals surface area contributed by atoms with Crippen molar-refractivity contribution in [1.29, 1.82) is 0 Å². The van der Waals surface area contributed by atoms with Crippen LogP contribution in [0.4, 0.5) is 4.79 Å². The van der Waals surface area contributed by atoms with Crippen LogP contribution in [0.15, 0.2) is 48.5 Å². The van der Waals surface area contributed by atoms with Crippen LogP contribution in [0, 0.1) is 19.8 Å². The fraction of sp³-hybridized carbons (Fsp3) is 0.417. The van der Waals surface area contributed by atoms with Gasteiger partial charge in [0.05, 0.1) is 25.3 Å². The highest BCUT2D eigenvalue weighted by Crippen LogP contribution is 2.35. The third kappa shape index (κ3) is 4.06. The number of carbonyl (C=O) groups excluding carboxylic acids is 2. The maximum Gasteiger partial charge on any atom is 0.410 e. The number of ketones is 1. The number of ether oxygens (including phenoxy) is 2. The summed E-state index contributed by atoms with van der Waals surface area (Å²) >= 11 is 0. The van der Waals surface area contributed by atoms with Gasteiger partial charge in [0.2, 0.25) is 0 Å². The summed E-state index contributed by atoms with van der Waals surface area (Å²) in [7, 11) is 0. The Hall–Kier alpha value is -2.66. The maximum absolute atomic E-state index is 13.3. The number of amides is 1. The van der Waals surface area contributed by atoms with Gasteiger partial charge in [-0.05, 0) is 43.4 Å². The standard InChI is InChI=1S/C24H27NO4/c1-16-7-6-8-17(2)22(16)23(26)19-11-20-14-28-15-21(12-19)25(20)24(27)29-13-18-9-4-3-5-10-18/h3-10,19-21H,11-15H2,1-2H3. The van der Waals surface area contributed by atoms with Crippen molar-refractivity contribution in [1.82, 2.24) is 4.90 Å². The molecule has 0 aliphatic carbocycles. The normalized spacial score (nSPS) is 23.5. The number of piperidine rings is 1. The Balaban J connectivity index is 1.46. The van der Waals surface area contributed by atoms with E-state index in [2.05, 4.69) is 0 Å². The van der Waals surface area contributed by atoms with Gasteiger partial charge in [-0.3, -0.25) is 9.69 Å². The molecule has 4 rings (SSSR count). The summed E-state index contributed by atoms with van der Waals surface area (Å²) in [6, 6.07) is 15.4. The Labute approximate surface area is 171 Å². The van der Waals surface area contributed by atoms with Crippen molar-refractivity contribution >= 4 is 11.9 Å². The van der Waals surface area contributed by atoms with Gasteiger partial charge in [0.25, 0.3) is 0 Å². The predicted molar refractivity (Wildman–Crippen MR) is 110 cm³/mol. The first-order valence-electron chi connectivity index (χ1n) is 10.2. The molecule has 2 atom stereocenters. The van der Waals surface area contributed by atoms with Crippen LogP contribution in [0.2, 0.25) is 0 Å². The summed E-state index contributed by atoms with van der Waals surface area (Å²) in [5, 5.41) is 0. The first-order valence-corrected chi connectivity index (χ1v) is 10.2. The lowest BCUT2D eigenvalue weighted by Gasteiger charge is -2.47. The molecule has 5 nitrogen and oxygen atoms in total. The molecule has 2 fully saturated rings. The van der Waals surface area contributed by atoms with E-state index in [0.29, 0.717) is 26.1 Å². The van der Waals surface area contributed by atoms with E-state index < -0.39 is 0 Å². The van der Waals surface area contributed by atoms with E-state index in [1.54, 1.807) is 4.90 Å². The number of rotatable bonds is 4. The summed E-state index contributed by atoms with van der Waals surface area (Å²) in [4.78, 5) is 27.9. The zero-order chi connectivity index (χ0) is 20.4. The van der Waals surface area contributed by atoms with Gasteiger partial charge in [0.15, 0.2) is 5.78 Å². The fourth-order valence-corrected chi connectivity index (χ4v) is 4.63. The van der Waals surface area contributed by atoms with Gasteiger partial charge in [-0.2, -0.15) is 0 Å². The Morgan fingerprint density at radius 2 is 1.59 bits per heavy atom. The van der Waals surface area contributed by atoms with Crippen molar-refractivity contribution in [2.45, 2.75) is 45.4 Å². The van der Waals surface area contributed by atoms with Crippen LogP contribution in [0.5, 0.6) is 0 Å². The quantitative estimate of drug-likeness (QED) is 0.727. The SMILES string of the molecule is Cc1cccc(C)c1C(=O)C1CC2COCC(C1)N2C(=O)OCc1ccccc1. The molecule has 2 aliphatic heterocycles. The lowest BCUT2D eigenvalue weighted by Crippen LogP contribution is -2.60. The Kier molecular flexibility index (Phi) is 5.67. The lowest BCUT2D eigenvalue weighted by molar-refractivity contribution is -0.0755. The predicted octanol–water partition coefficient (Wildman–Crippen LogP) is 4.30. The third-order valence-electron chi connectivity index (χ3n) is 6.03. The molecule has 0 saturated carbocycles. The first kappa shape index (κ1) is 19.6. The molecule has 0 spiro atoms. The van der Waals surface area contributed by atoms with Crippen molar-refractivity contribution in [3.8, 4) is 0 Å². The number of benzene rings is 2. The molecule has 2 aliphatic rings. The molecule has 152 valence electrons. The number of aryl methyl sites for hydroxylation is 2. The number of hydrogen-bond acceptors (Lipinski definition) is 4. The molecule has 5 heteroatoms. The van der Waals surface area contributed by atoms with Crippen LogP contribution < -0.4 is 0 Å². The van der Waals surface area contributed by atoms with E-state index >= 15 is 0 Å². The van der Waals surface area contributed by atoms with Crippen molar-refractivity contribution < 1.29 is 19.1 Å². The van der Waals surface area contributed by atoms with Crippen LogP contribution in [-0.2, 0) is 16.1 Å². The minimum Gasteiger partial charge on any atom is -0.445 e. The fourth-order valence-electron chi connectivity index (χ4n) is 4.63. The molecule has 2 aromatic rings. The minimum absolute atomic E-state index is 0.0909. The van der Waals surface area contributed by atoms with Crippen LogP contribution in [-0.4, -0.2) is 42.1 Å². The number of morpholine rings is 1. The van der Waals surface area contributed by atoms with Gasteiger partial charge in [-0.25, -0.2) is 4.79 Å². The number of fused-ring (bicyclic) bond motifs is 2. The number of carbonyl (C=O) groups is 2. The van der Waals surface area contributed by atoms with Gasteiger partial charge >= 0.3 is 6.09 Å². The van der Waals surface area contributed by atoms with E-state index in [0.717, 1.165) is 22.3 Å². The molecule has 0 N–H and O–H groups in total. The van der Waals surface area contributed by atoms with E-state index in [1.165, 1.54) is 0 Å². The van der Waals surface area contributed by atoms with Gasteiger partial charge in [-0.1, -0.05) is 48.5 Å². The second-order valence-corrected chi connectivity index (χ2v) is 8.09. The molecule has 29 heavy (non-hydrogen) atoms. The molecule has 0 aromatic heterocycles. The summed E-state index contributed by atoms with van der Waals surface area (Å²) in [5.41, 5.74) is 3.82. The van der Waals surface area contributed by atoms with Crippen LogP contribution in [0.3, 0.4) is 0 Å². The minimum atomic E-state index is -0.315. The summed E-state index contributed by atoms with van der Waals surface area (Å²) in [6.07, 6.45) is 0.915. The van der Waals surface area contributed by atoms with E-state index in [-0.39, 0.29) is 36.5 Å². The Morgan fingerprint density at radius 3 is 2.21 bits per heavy atom. The number of Topliss-reactive ketones (excluding diaryl/α,β-unsaturated/α-hetero) is 1. The topological polar surface area (TPSA) is 55.8 Å². The Morgan fingerprint density at radius 1 is 0.966 bits per heavy atom. The molecular weight excluding hydrogens is 366 g/mol. The van der Waals surface area contributed by atoms with Crippen molar-refractivity contribution in [3.63, 3.8) is 0 Å². The molecule has 2 saturated heterocycles. The highest BCUT2D eigenvalue weighted by atomic mass is 16.6. The van der Waals surface area contributed by atoms with Gasteiger partial charge in [-0.15, -0.1) is 0 Å². The Bertz CT molecular complexity index is 861. The summed E-state index contributed by atoms with van der Waals surface area (Å²) < 4.78 is 11.3. The highest BCUT2D eigenvalue weighted by Gasteiger charge is 2.44. The summed E-state index contributed by atoms with van der Waals surface area (Å²) in [5.74, 6) is 0.0988. The van der Waals surface area contributed by atoms with Crippen LogP contribution >= 0.6 is 0 Å². The average Bonchev–Trinajstić information content (AvgIpc) is 2.71. The van der Waals surface area contributed by atoms with Gasteiger partial charge in [0.1, 0.15) is 6.61 Å². The smallest absolute Gasteiger partial charge is 0.410 e. The average molecular weight is 393 g/mol. The first-order chi connectivity index (χ1) is 14.0. The monoisotopic (exact) mass is 393 g/mol. The molecule has 1 amide bonds. The number of hydrogen-bond donors (Lipinski definition) is 0. The van der Waals surface area contributed by atoms with Crippen LogP contribution in [0.25, 0.3) is 0 Å². The maximum atomic E-state index is 13.3. The second kappa shape index (κ2) is 8.37. The van der Waals surface area contributed by atoms with Gasteiger partial charge < -0.3 is 9.47 Å². The van der Waals surface area contributed by atoms with Gasteiger partial charge in [0, 0.05) is 11.5 Å². The van der Waals surface area contributed by atoms with Crippen molar-refractivity contribution in [3.05, 3.63) is 70.8 Å². The molecule has 2 unspecified atom stereocenters.